The van der Waals surface area contributed by atoms with Crippen molar-refractivity contribution in [3.05, 3.63) is 58.1 Å². The molecule has 2 aromatic carbocycles. The third-order valence-corrected chi connectivity index (χ3v) is 4.93. The molecule has 1 amide bonds. The molecular weight excluding hydrogens is 338 g/mol. The number of nitrogens with zero attached hydrogens (tertiary/aromatic N) is 1. The summed E-state index contributed by atoms with van der Waals surface area (Å²) in [4.78, 5) is 14.7. The first-order valence-corrected chi connectivity index (χ1v) is 8.67. The maximum atomic E-state index is 12.8. The van der Waals surface area contributed by atoms with Gasteiger partial charge < -0.3 is 14.4 Å². The Labute approximate surface area is 153 Å². The minimum absolute atomic E-state index is 0.121. The Balaban J connectivity index is 1.80. The minimum Gasteiger partial charge on any atom is -0.493 e. The Morgan fingerprint density at radius 3 is 2.32 bits per heavy atom. The van der Waals surface area contributed by atoms with Crippen LogP contribution >= 0.6 is 11.6 Å². The summed E-state index contributed by atoms with van der Waals surface area (Å²) >= 11 is 5.91. The molecule has 1 atom stereocenters. The first kappa shape index (κ1) is 17.6. The van der Waals surface area contributed by atoms with Crippen molar-refractivity contribution < 1.29 is 14.3 Å². The predicted octanol–water partition coefficient (Wildman–Crippen LogP) is 3.87. The second kappa shape index (κ2) is 7.36. The van der Waals surface area contributed by atoms with E-state index in [4.69, 9.17) is 21.1 Å². The maximum absolute atomic E-state index is 12.8. The molecule has 1 aliphatic heterocycles. The van der Waals surface area contributed by atoms with E-state index < -0.39 is 0 Å². The molecule has 1 unspecified atom stereocenters. The van der Waals surface area contributed by atoms with Crippen LogP contribution in [0.5, 0.6) is 11.5 Å². The molecule has 2 aromatic rings. The van der Waals surface area contributed by atoms with Crippen LogP contribution in [-0.2, 0) is 24.2 Å². The molecule has 0 aliphatic carbocycles. The number of ether oxygens (including phenoxy) is 2. The van der Waals surface area contributed by atoms with Crippen molar-refractivity contribution in [2.24, 2.45) is 0 Å². The zero-order chi connectivity index (χ0) is 18.0. The summed E-state index contributed by atoms with van der Waals surface area (Å²) in [5, 5.41) is 0.678. The van der Waals surface area contributed by atoms with E-state index in [-0.39, 0.29) is 11.9 Å². The molecule has 4 nitrogen and oxygen atoms in total. The lowest BCUT2D eigenvalue weighted by molar-refractivity contribution is -0.133. The SMILES string of the molecule is COc1cc2c(cc1OC)CN(C(=O)Cc1ccc(Cl)cc1)C(C)C2. The quantitative estimate of drug-likeness (QED) is 0.831. The van der Waals surface area contributed by atoms with Gasteiger partial charge in [0, 0.05) is 17.6 Å². The van der Waals surface area contributed by atoms with E-state index in [0.29, 0.717) is 23.7 Å². The summed E-state index contributed by atoms with van der Waals surface area (Å²) in [5.74, 6) is 1.55. The molecule has 0 saturated heterocycles. The van der Waals surface area contributed by atoms with Gasteiger partial charge in [-0.2, -0.15) is 0 Å². The highest BCUT2D eigenvalue weighted by Crippen LogP contribution is 2.34. The molecule has 0 saturated carbocycles. The monoisotopic (exact) mass is 359 g/mol. The van der Waals surface area contributed by atoms with Crippen LogP contribution in [0.2, 0.25) is 5.02 Å². The number of fused-ring (bicyclic) bond motifs is 1. The second-order valence-corrected chi connectivity index (χ2v) is 6.79. The average molecular weight is 360 g/mol. The molecule has 0 bridgehead atoms. The first-order chi connectivity index (χ1) is 12.0. The van der Waals surface area contributed by atoms with Crippen molar-refractivity contribution in [2.75, 3.05) is 14.2 Å². The van der Waals surface area contributed by atoms with Gasteiger partial charge in [-0.1, -0.05) is 23.7 Å². The summed E-state index contributed by atoms with van der Waals surface area (Å²) in [5.41, 5.74) is 3.29. The largest absolute Gasteiger partial charge is 0.493 e. The van der Waals surface area contributed by atoms with Crippen molar-refractivity contribution in [3.8, 4) is 11.5 Å². The Bertz CT molecular complexity index is 773. The summed E-state index contributed by atoms with van der Waals surface area (Å²) in [7, 11) is 3.26. The van der Waals surface area contributed by atoms with Crippen molar-refractivity contribution in [1.29, 1.82) is 0 Å². The van der Waals surface area contributed by atoms with Gasteiger partial charge in [0.15, 0.2) is 11.5 Å². The molecule has 0 aromatic heterocycles. The normalized spacial score (nSPS) is 16.3. The fourth-order valence-corrected chi connectivity index (χ4v) is 3.41. The van der Waals surface area contributed by atoms with Gasteiger partial charge in [0.1, 0.15) is 0 Å². The van der Waals surface area contributed by atoms with Gasteiger partial charge in [0.05, 0.1) is 20.6 Å². The predicted molar refractivity (Wildman–Crippen MR) is 98.4 cm³/mol. The molecular formula is C20H22ClNO3. The van der Waals surface area contributed by atoms with Crippen LogP contribution in [0, 0.1) is 0 Å². The molecule has 0 fully saturated rings. The molecule has 1 aliphatic rings. The van der Waals surface area contributed by atoms with Crippen molar-refractivity contribution in [3.63, 3.8) is 0 Å². The van der Waals surface area contributed by atoms with Crippen LogP contribution in [0.3, 0.4) is 0 Å². The Morgan fingerprint density at radius 2 is 1.72 bits per heavy atom. The lowest BCUT2D eigenvalue weighted by Gasteiger charge is -2.35. The number of carbonyl (C=O) groups is 1. The summed E-state index contributed by atoms with van der Waals surface area (Å²) in [6, 6.07) is 11.6. The van der Waals surface area contributed by atoms with Crippen LogP contribution in [-0.4, -0.2) is 31.1 Å². The van der Waals surface area contributed by atoms with Gasteiger partial charge in [-0.3, -0.25) is 4.79 Å². The molecule has 3 rings (SSSR count). The smallest absolute Gasteiger partial charge is 0.227 e. The van der Waals surface area contributed by atoms with Crippen LogP contribution in [0.4, 0.5) is 0 Å². The summed E-state index contributed by atoms with van der Waals surface area (Å²) < 4.78 is 10.8. The van der Waals surface area contributed by atoms with E-state index in [1.165, 1.54) is 5.56 Å². The number of hydrogen-bond acceptors (Lipinski definition) is 3. The Hall–Kier alpha value is -2.20. The van der Waals surface area contributed by atoms with E-state index >= 15 is 0 Å². The molecule has 0 spiro atoms. The van der Waals surface area contributed by atoms with Crippen molar-refractivity contribution in [1.82, 2.24) is 4.90 Å². The number of halogens is 1. The molecule has 132 valence electrons. The standard InChI is InChI=1S/C20H22ClNO3/c1-13-8-15-10-18(24-2)19(25-3)11-16(15)12-22(13)20(23)9-14-4-6-17(21)7-5-14/h4-7,10-11,13H,8-9,12H2,1-3H3. The molecule has 25 heavy (non-hydrogen) atoms. The first-order valence-electron chi connectivity index (χ1n) is 8.29. The van der Waals surface area contributed by atoms with E-state index in [1.54, 1.807) is 14.2 Å². The van der Waals surface area contributed by atoms with Gasteiger partial charge >= 0.3 is 0 Å². The van der Waals surface area contributed by atoms with E-state index in [9.17, 15) is 4.79 Å². The molecule has 1 heterocycles. The lowest BCUT2D eigenvalue weighted by Crippen LogP contribution is -2.43. The third-order valence-electron chi connectivity index (χ3n) is 4.68. The maximum Gasteiger partial charge on any atom is 0.227 e. The van der Waals surface area contributed by atoms with E-state index in [0.717, 1.165) is 23.3 Å². The number of benzene rings is 2. The van der Waals surface area contributed by atoms with Gasteiger partial charge in [0.2, 0.25) is 5.91 Å². The van der Waals surface area contributed by atoms with E-state index in [2.05, 4.69) is 6.92 Å². The van der Waals surface area contributed by atoms with Crippen molar-refractivity contribution >= 4 is 17.5 Å². The zero-order valence-corrected chi connectivity index (χ0v) is 15.5. The van der Waals surface area contributed by atoms with Gasteiger partial charge in [0.25, 0.3) is 0 Å². The fourth-order valence-electron chi connectivity index (χ4n) is 3.28. The molecule has 0 radical (unpaired) electrons. The van der Waals surface area contributed by atoms with Crippen LogP contribution in [0.1, 0.15) is 23.6 Å². The zero-order valence-electron chi connectivity index (χ0n) is 14.7. The molecule has 5 heteroatoms. The van der Waals surface area contributed by atoms with Gasteiger partial charge in [-0.05, 0) is 54.3 Å². The molecule has 0 N–H and O–H groups in total. The highest BCUT2D eigenvalue weighted by molar-refractivity contribution is 6.30. The van der Waals surface area contributed by atoms with E-state index in [1.807, 2.05) is 41.3 Å². The third kappa shape index (κ3) is 3.74. The van der Waals surface area contributed by atoms with Crippen LogP contribution < -0.4 is 9.47 Å². The highest BCUT2D eigenvalue weighted by Gasteiger charge is 2.28. The number of carbonyl (C=O) groups excluding carboxylic acids is 1. The fraction of sp³-hybridized carbons (Fsp3) is 0.350. The Kier molecular flexibility index (Phi) is 5.19. The summed E-state index contributed by atoms with van der Waals surface area (Å²) in [6.07, 6.45) is 1.19. The van der Waals surface area contributed by atoms with Crippen LogP contribution in [0.25, 0.3) is 0 Å². The van der Waals surface area contributed by atoms with Gasteiger partial charge in [-0.15, -0.1) is 0 Å². The number of amides is 1. The average Bonchev–Trinajstić information content (AvgIpc) is 2.61. The summed E-state index contributed by atoms with van der Waals surface area (Å²) in [6.45, 7) is 2.67. The second-order valence-electron chi connectivity index (χ2n) is 6.35. The van der Waals surface area contributed by atoms with Gasteiger partial charge in [-0.25, -0.2) is 0 Å². The number of methoxy groups -OCH3 is 2. The lowest BCUT2D eigenvalue weighted by atomic mass is 9.93. The highest BCUT2D eigenvalue weighted by atomic mass is 35.5. The number of rotatable bonds is 4. The number of hydrogen-bond donors (Lipinski definition) is 0. The topological polar surface area (TPSA) is 38.8 Å². The minimum atomic E-state index is 0.121. The Morgan fingerprint density at radius 1 is 1.12 bits per heavy atom. The van der Waals surface area contributed by atoms with Crippen LogP contribution in [0.15, 0.2) is 36.4 Å². The van der Waals surface area contributed by atoms with Crippen molar-refractivity contribution in [2.45, 2.75) is 32.4 Å².